The third kappa shape index (κ3) is 3.98. The summed E-state index contributed by atoms with van der Waals surface area (Å²) in [5.74, 6) is -0.622. The maximum atomic E-state index is 13.4. The highest BCUT2D eigenvalue weighted by Crippen LogP contribution is 2.46. The first-order valence-electron chi connectivity index (χ1n) is 9.18. The Balaban J connectivity index is 1.93. The zero-order valence-corrected chi connectivity index (χ0v) is 19.8. The number of sulfonamides is 1. The van der Waals surface area contributed by atoms with Crippen LogP contribution in [0, 0.1) is 13.8 Å². The molecule has 0 spiro atoms. The largest absolute Gasteiger partial charge is 0.465 e. The number of nitrogens with zero attached hydrogens (tertiary/aromatic N) is 2. The van der Waals surface area contributed by atoms with Gasteiger partial charge in [-0.3, -0.25) is 0 Å². The molecule has 3 heterocycles. The van der Waals surface area contributed by atoms with Crippen LogP contribution in [0.5, 0.6) is 11.5 Å². The number of aromatic nitrogens is 1. The van der Waals surface area contributed by atoms with Gasteiger partial charge in [0.05, 0.1) is 23.3 Å². The minimum Gasteiger partial charge on any atom is -0.465 e. The molecule has 4 rings (SSSR count). The third-order valence-electron chi connectivity index (χ3n) is 4.70. The number of methoxy groups -OCH3 is 1. The van der Waals surface area contributed by atoms with Crippen molar-refractivity contribution >= 4 is 56.5 Å². The van der Waals surface area contributed by atoms with Crippen LogP contribution in [0.3, 0.4) is 0 Å². The number of rotatable bonds is 5. The van der Waals surface area contributed by atoms with E-state index < -0.39 is 22.0 Å². The first-order chi connectivity index (χ1) is 15.7. The number of nitrogens with one attached hydrogen (secondary N) is 1. The molecule has 3 aromatic rings. The topological polar surface area (TPSA) is 137 Å². The molecule has 0 aliphatic carbocycles. The molecule has 2 amide bonds. The van der Waals surface area contributed by atoms with Crippen LogP contribution in [0.25, 0.3) is 0 Å². The molecule has 174 valence electrons. The van der Waals surface area contributed by atoms with Crippen molar-refractivity contribution in [2.75, 3.05) is 18.8 Å². The number of anilines is 2. The summed E-state index contributed by atoms with van der Waals surface area (Å²) >= 11 is 7.45. The van der Waals surface area contributed by atoms with Gasteiger partial charge in [-0.25, -0.2) is 27.6 Å². The summed E-state index contributed by atoms with van der Waals surface area (Å²) in [4.78, 5) is 26.7. The van der Waals surface area contributed by atoms with Gasteiger partial charge in [0.15, 0.2) is 11.5 Å². The summed E-state index contributed by atoms with van der Waals surface area (Å²) in [6.07, 6.45) is 0. The molecule has 0 saturated carbocycles. The number of urea groups is 1. The lowest BCUT2D eigenvalue weighted by molar-refractivity contribution is 0.0601. The molecular weight excluding hydrogens is 498 g/mol. The van der Waals surface area contributed by atoms with Gasteiger partial charge in [0.2, 0.25) is 6.79 Å². The number of ether oxygens (including phenoxy) is 3. The first-order valence-corrected chi connectivity index (χ1v) is 12.0. The van der Waals surface area contributed by atoms with E-state index in [-0.39, 0.29) is 56.6 Å². The van der Waals surface area contributed by atoms with E-state index in [1.54, 1.807) is 12.3 Å². The lowest BCUT2D eigenvalue weighted by atomic mass is 10.0. The Morgan fingerprint density at radius 1 is 1.30 bits per heavy atom. The lowest BCUT2D eigenvalue weighted by Gasteiger charge is -2.24. The van der Waals surface area contributed by atoms with Crippen LogP contribution in [0.4, 0.5) is 16.4 Å². The second kappa shape index (κ2) is 8.57. The van der Waals surface area contributed by atoms with Crippen LogP contribution in [-0.2, 0) is 14.8 Å². The summed E-state index contributed by atoms with van der Waals surface area (Å²) in [6, 6.07) is 1.48. The van der Waals surface area contributed by atoms with Crippen LogP contribution >= 0.6 is 22.9 Å². The summed E-state index contributed by atoms with van der Waals surface area (Å²) in [5, 5.41) is 6.58. The smallest absolute Gasteiger partial charge is 0.342 e. The summed E-state index contributed by atoms with van der Waals surface area (Å²) in [6.45, 7) is 2.97. The van der Waals surface area contributed by atoms with Crippen molar-refractivity contribution in [1.82, 2.24) is 9.88 Å². The molecule has 11 nitrogen and oxygen atoms in total. The van der Waals surface area contributed by atoms with Crippen LogP contribution in [0.15, 0.2) is 32.3 Å². The van der Waals surface area contributed by atoms with Crippen molar-refractivity contribution in [3.63, 3.8) is 0 Å². The van der Waals surface area contributed by atoms with Crippen LogP contribution in [-0.4, -0.2) is 39.5 Å². The van der Waals surface area contributed by atoms with Gasteiger partial charge in [0, 0.05) is 17.0 Å². The maximum Gasteiger partial charge on any atom is 0.342 e. The van der Waals surface area contributed by atoms with Gasteiger partial charge >= 0.3 is 12.0 Å². The molecule has 1 aliphatic rings. The highest BCUT2D eigenvalue weighted by Gasteiger charge is 2.36. The maximum absolute atomic E-state index is 13.4. The fraction of sp³-hybridized carbons (Fsp3) is 0.211. The van der Waals surface area contributed by atoms with Gasteiger partial charge < -0.3 is 18.7 Å². The molecule has 0 fully saturated rings. The van der Waals surface area contributed by atoms with Crippen molar-refractivity contribution in [3.05, 3.63) is 44.7 Å². The number of thiophene rings is 1. The van der Waals surface area contributed by atoms with Crippen LogP contribution < -0.4 is 19.1 Å². The average molecular weight is 514 g/mol. The van der Waals surface area contributed by atoms with E-state index in [1.165, 1.54) is 24.4 Å². The number of fused-ring (bicyclic) bond motifs is 1. The Morgan fingerprint density at radius 2 is 2.06 bits per heavy atom. The Bertz CT molecular complexity index is 1350. The molecule has 1 aliphatic heterocycles. The third-order valence-corrected chi connectivity index (χ3v) is 7.29. The van der Waals surface area contributed by atoms with Crippen LogP contribution in [0.2, 0.25) is 5.02 Å². The van der Waals surface area contributed by atoms with Crippen molar-refractivity contribution < 1.29 is 36.7 Å². The van der Waals surface area contributed by atoms with Gasteiger partial charge in [-0.05, 0) is 25.3 Å². The molecule has 14 heteroatoms. The highest BCUT2D eigenvalue weighted by atomic mass is 35.5. The van der Waals surface area contributed by atoms with E-state index in [4.69, 9.17) is 30.3 Å². The normalized spacial score (nSPS) is 12.5. The summed E-state index contributed by atoms with van der Waals surface area (Å²) in [5.41, 5.74) is 0.316. The minimum absolute atomic E-state index is 0.0639. The van der Waals surface area contributed by atoms with Crippen LogP contribution in [0.1, 0.15) is 21.6 Å². The highest BCUT2D eigenvalue weighted by molar-refractivity contribution is 7.90. The molecule has 0 radical (unpaired) electrons. The Hall–Kier alpha value is -3.29. The number of halogens is 1. The first kappa shape index (κ1) is 22.9. The molecule has 1 aromatic carbocycles. The quantitative estimate of drug-likeness (QED) is 0.505. The monoisotopic (exact) mass is 513 g/mol. The molecule has 0 bridgehead atoms. The van der Waals surface area contributed by atoms with E-state index in [2.05, 4.69) is 5.16 Å². The van der Waals surface area contributed by atoms with E-state index in [0.29, 0.717) is 0 Å². The van der Waals surface area contributed by atoms with Gasteiger partial charge in [-0.1, -0.05) is 16.8 Å². The predicted molar refractivity (Wildman–Crippen MR) is 117 cm³/mol. The zero-order chi connectivity index (χ0) is 23.9. The summed E-state index contributed by atoms with van der Waals surface area (Å²) in [7, 11) is -3.10. The van der Waals surface area contributed by atoms with E-state index in [0.717, 1.165) is 23.3 Å². The second-order valence-corrected chi connectivity index (χ2v) is 9.56. The molecule has 1 N–H and O–H groups in total. The number of benzene rings is 1. The van der Waals surface area contributed by atoms with Crippen molar-refractivity contribution in [2.24, 2.45) is 0 Å². The van der Waals surface area contributed by atoms with E-state index in [1.807, 2.05) is 4.72 Å². The number of amides is 2. The van der Waals surface area contributed by atoms with Gasteiger partial charge in [0.25, 0.3) is 15.9 Å². The number of carbonyl (C=O) groups excluding carboxylic acids is 2. The minimum atomic E-state index is -4.25. The second-order valence-electron chi connectivity index (χ2n) is 6.72. The Morgan fingerprint density at radius 3 is 2.67 bits per heavy atom. The number of carbonyl (C=O) groups is 2. The number of hydrogen-bond donors (Lipinski definition) is 1. The van der Waals surface area contributed by atoms with E-state index in [9.17, 15) is 18.0 Å². The zero-order valence-electron chi connectivity index (χ0n) is 17.4. The van der Waals surface area contributed by atoms with E-state index >= 15 is 0 Å². The fourth-order valence-corrected chi connectivity index (χ4v) is 5.27. The predicted octanol–water partition coefficient (Wildman–Crippen LogP) is 3.76. The number of hydrogen-bond acceptors (Lipinski definition) is 10. The van der Waals surface area contributed by atoms with Crippen molar-refractivity contribution in [1.29, 1.82) is 0 Å². The van der Waals surface area contributed by atoms with Crippen molar-refractivity contribution in [3.8, 4) is 11.5 Å². The van der Waals surface area contributed by atoms with Gasteiger partial charge in [0.1, 0.15) is 10.7 Å². The SMILES string of the molecule is COC(=O)c1cc2c(c(C)c1N(C(=O)NS(=O)(=O)c1ccsc1)c1onc(C)c1Cl)OCO2. The Labute approximate surface area is 196 Å². The molecule has 2 aromatic heterocycles. The molecule has 0 saturated heterocycles. The fourth-order valence-electron chi connectivity index (χ4n) is 3.16. The molecular formula is C19H16ClN3O8S2. The van der Waals surface area contributed by atoms with Gasteiger partial charge in [-0.2, -0.15) is 11.3 Å². The van der Waals surface area contributed by atoms with Crippen molar-refractivity contribution in [2.45, 2.75) is 18.7 Å². The Kier molecular flexibility index (Phi) is 5.95. The summed E-state index contributed by atoms with van der Waals surface area (Å²) < 4.78 is 48.4. The number of esters is 1. The van der Waals surface area contributed by atoms with Gasteiger partial charge in [-0.15, -0.1) is 0 Å². The molecule has 0 unspecified atom stereocenters. The average Bonchev–Trinajstić information content (AvgIpc) is 3.53. The molecule has 0 atom stereocenters. The molecule has 33 heavy (non-hydrogen) atoms. The number of aryl methyl sites for hydroxylation is 1. The standard InChI is InChI=1S/C19H16ClN3O8S2/c1-9-15(12(18(24)28-3)6-13-16(9)30-8-29-13)23(17-14(20)10(2)21-31-17)19(25)22-33(26,27)11-4-5-32-7-11/h4-7H,8H2,1-3H3,(H,22,25). The lowest BCUT2D eigenvalue weighted by Crippen LogP contribution is -2.41.